The lowest BCUT2D eigenvalue weighted by atomic mass is 10.1. The molecule has 0 aromatic heterocycles. The number of hydrogen-bond donors (Lipinski definition) is 2. The van der Waals surface area contributed by atoms with Gasteiger partial charge in [-0.25, -0.2) is 0 Å². The van der Waals surface area contributed by atoms with Crippen molar-refractivity contribution in [3.63, 3.8) is 0 Å². The van der Waals surface area contributed by atoms with Crippen molar-refractivity contribution >= 4 is 29.1 Å². The number of aryl methyl sites for hydroxylation is 1. The van der Waals surface area contributed by atoms with Gasteiger partial charge in [-0.2, -0.15) is 0 Å². The molecule has 7 nitrogen and oxygen atoms in total. The van der Waals surface area contributed by atoms with Crippen LogP contribution in [0.5, 0.6) is 0 Å². The highest BCUT2D eigenvalue weighted by molar-refractivity contribution is 5.96. The molecule has 0 radical (unpaired) electrons. The monoisotopic (exact) mass is 472 g/mol. The van der Waals surface area contributed by atoms with Crippen LogP contribution in [0.4, 0.5) is 11.4 Å². The number of carbonyl (C=O) groups is 3. The van der Waals surface area contributed by atoms with Crippen LogP contribution >= 0.6 is 0 Å². The Balaban J connectivity index is 1.52. The molecule has 2 N–H and O–H groups in total. The van der Waals surface area contributed by atoms with Crippen LogP contribution < -0.4 is 10.6 Å². The highest BCUT2D eigenvalue weighted by Crippen LogP contribution is 2.15. The van der Waals surface area contributed by atoms with E-state index in [0.717, 1.165) is 11.1 Å². The predicted octanol–water partition coefficient (Wildman–Crippen LogP) is 4.03. The lowest BCUT2D eigenvalue weighted by molar-refractivity contribution is -0.128. The summed E-state index contributed by atoms with van der Waals surface area (Å²) in [6, 6.07) is 24.4. The highest BCUT2D eigenvalue weighted by atomic mass is 16.2. The van der Waals surface area contributed by atoms with E-state index in [9.17, 15) is 14.4 Å². The van der Waals surface area contributed by atoms with E-state index in [4.69, 9.17) is 0 Å². The summed E-state index contributed by atoms with van der Waals surface area (Å²) in [5, 5.41) is 5.96. The van der Waals surface area contributed by atoms with E-state index in [0.29, 0.717) is 36.3 Å². The summed E-state index contributed by atoms with van der Waals surface area (Å²) in [5.41, 5.74) is 3.96. The molecule has 0 heterocycles. The van der Waals surface area contributed by atoms with Crippen LogP contribution in [0.2, 0.25) is 0 Å². The molecule has 0 fully saturated rings. The van der Waals surface area contributed by atoms with Gasteiger partial charge in [0.05, 0.1) is 6.54 Å². The van der Waals surface area contributed by atoms with E-state index in [1.807, 2.05) is 60.7 Å². The third kappa shape index (κ3) is 7.99. The first-order valence-electron chi connectivity index (χ1n) is 11.5. The van der Waals surface area contributed by atoms with Crippen molar-refractivity contribution in [3.8, 4) is 0 Å². The van der Waals surface area contributed by atoms with Gasteiger partial charge in [-0.3, -0.25) is 14.4 Å². The fourth-order valence-corrected chi connectivity index (χ4v) is 3.58. The van der Waals surface area contributed by atoms with E-state index in [1.54, 1.807) is 49.1 Å². The summed E-state index contributed by atoms with van der Waals surface area (Å²) in [6.07, 6.45) is 1.03. The maximum Gasteiger partial charge on any atom is 0.253 e. The Morgan fingerprint density at radius 2 is 1.46 bits per heavy atom. The number of nitrogens with zero attached hydrogens (tertiary/aromatic N) is 2. The third-order valence-electron chi connectivity index (χ3n) is 5.51. The van der Waals surface area contributed by atoms with Gasteiger partial charge in [0.25, 0.3) is 5.91 Å². The van der Waals surface area contributed by atoms with Crippen molar-refractivity contribution in [1.82, 2.24) is 9.80 Å². The second-order valence-corrected chi connectivity index (χ2v) is 8.62. The van der Waals surface area contributed by atoms with Crippen LogP contribution in [0.1, 0.15) is 27.9 Å². The topological polar surface area (TPSA) is 81.8 Å². The van der Waals surface area contributed by atoms with Crippen LogP contribution in [-0.4, -0.2) is 55.2 Å². The first-order valence-corrected chi connectivity index (χ1v) is 11.5. The van der Waals surface area contributed by atoms with Crippen molar-refractivity contribution in [2.75, 3.05) is 38.3 Å². The molecule has 182 valence electrons. The van der Waals surface area contributed by atoms with Crippen LogP contribution in [0.3, 0.4) is 0 Å². The van der Waals surface area contributed by atoms with Gasteiger partial charge in [0.1, 0.15) is 0 Å². The zero-order valence-corrected chi connectivity index (χ0v) is 20.5. The average Bonchev–Trinajstić information content (AvgIpc) is 2.86. The maximum absolute atomic E-state index is 12.8. The van der Waals surface area contributed by atoms with E-state index in [-0.39, 0.29) is 24.3 Å². The van der Waals surface area contributed by atoms with Gasteiger partial charge < -0.3 is 20.4 Å². The Hall–Kier alpha value is -4.13. The molecule has 0 atom stereocenters. The van der Waals surface area contributed by atoms with Crippen LogP contribution in [0.15, 0.2) is 78.9 Å². The van der Waals surface area contributed by atoms with Crippen molar-refractivity contribution in [1.29, 1.82) is 0 Å². The van der Waals surface area contributed by atoms with Gasteiger partial charge in [0, 0.05) is 51.0 Å². The van der Waals surface area contributed by atoms with Crippen molar-refractivity contribution in [2.45, 2.75) is 19.4 Å². The minimum absolute atomic E-state index is 0.0564. The average molecular weight is 473 g/mol. The fourth-order valence-electron chi connectivity index (χ4n) is 3.58. The maximum atomic E-state index is 12.8. The Morgan fingerprint density at radius 3 is 2.20 bits per heavy atom. The summed E-state index contributed by atoms with van der Waals surface area (Å²) < 4.78 is 0. The van der Waals surface area contributed by atoms with Gasteiger partial charge in [-0.05, 0) is 47.9 Å². The Bertz CT molecular complexity index is 1160. The molecular formula is C28H32N4O3. The molecule has 0 aliphatic heterocycles. The smallest absolute Gasteiger partial charge is 0.253 e. The van der Waals surface area contributed by atoms with Crippen molar-refractivity contribution in [3.05, 3.63) is 95.6 Å². The summed E-state index contributed by atoms with van der Waals surface area (Å²) in [5.74, 6) is -0.230. The van der Waals surface area contributed by atoms with Gasteiger partial charge >= 0.3 is 0 Å². The molecule has 3 amide bonds. The van der Waals surface area contributed by atoms with Crippen LogP contribution in [0.25, 0.3) is 0 Å². The molecule has 7 heteroatoms. The Morgan fingerprint density at radius 1 is 0.771 bits per heavy atom. The number of hydrogen-bond acceptors (Lipinski definition) is 4. The van der Waals surface area contributed by atoms with E-state index in [2.05, 4.69) is 10.6 Å². The number of benzene rings is 3. The minimum Gasteiger partial charge on any atom is -0.376 e. The molecule has 3 rings (SSSR count). The number of nitrogens with one attached hydrogen (secondary N) is 2. The molecule has 0 bridgehead atoms. The van der Waals surface area contributed by atoms with Crippen LogP contribution in [-0.2, 0) is 22.6 Å². The lowest BCUT2D eigenvalue weighted by Gasteiger charge is -2.18. The summed E-state index contributed by atoms with van der Waals surface area (Å²) in [7, 11) is 5.24. The van der Waals surface area contributed by atoms with Gasteiger partial charge in [0.15, 0.2) is 0 Å². The molecule has 0 unspecified atom stereocenters. The molecule has 35 heavy (non-hydrogen) atoms. The normalized spacial score (nSPS) is 10.4. The summed E-state index contributed by atoms with van der Waals surface area (Å²) in [6.45, 7) is 0.572. The zero-order valence-electron chi connectivity index (χ0n) is 20.5. The van der Waals surface area contributed by atoms with Gasteiger partial charge in [-0.15, -0.1) is 0 Å². The summed E-state index contributed by atoms with van der Waals surface area (Å²) in [4.78, 5) is 40.4. The molecular weight excluding hydrogens is 440 g/mol. The number of carbonyl (C=O) groups excluding carboxylic acids is 3. The molecule has 3 aromatic carbocycles. The highest BCUT2D eigenvalue weighted by Gasteiger charge is 2.13. The standard InChI is InChI=1S/C28H32N4O3/c1-31(2)27(34)16-15-21-11-7-14-25(17-21)30-26(33)19-29-24-13-8-12-23(18-24)28(35)32(3)20-22-9-5-4-6-10-22/h4-14,17-18,29H,15-16,19-20H2,1-3H3,(H,30,33). The van der Waals surface area contributed by atoms with Crippen LogP contribution in [0, 0.1) is 0 Å². The SMILES string of the molecule is CN(C)C(=O)CCc1cccc(NC(=O)CNc2cccc(C(=O)N(C)Cc3ccccc3)c2)c1. The molecule has 0 aliphatic carbocycles. The molecule has 0 aliphatic rings. The predicted molar refractivity (Wildman–Crippen MR) is 139 cm³/mol. The first kappa shape index (κ1) is 25.5. The second-order valence-electron chi connectivity index (χ2n) is 8.62. The number of rotatable bonds is 10. The Labute approximate surface area is 206 Å². The van der Waals surface area contributed by atoms with E-state index >= 15 is 0 Å². The van der Waals surface area contributed by atoms with Gasteiger partial charge in [0.2, 0.25) is 11.8 Å². The minimum atomic E-state index is -0.204. The summed E-state index contributed by atoms with van der Waals surface area (Å²) >= 11 is 0. The quantitative estimate of drug-likeness (QED) is 0.467. The first-order chi connectivity index (χ1) is 16.8. The van der Waals surface area contributed by atoms with E-state index in [1.165, 1.54) is 0 Å². The van der Waals surface area contributed by atoms with Crippen molar-refractivity contribution < 1.29 is 14.4 Å². The zero-order chi connectivity index (χ0) is 25.2. The lowest BCUT2D eigenvalue weighted by Crippen LogP contribution is -2.26. The second kappa shape index (κ2) is 12.4. The molecule has 0 saturated heterocycles. The number of anilines is 2. The molecule has 0 saturated carbocycles. The number of amides is 3. The van der Waals surface area contributed by atoms with Gasteiger partial charge in [-0.1, -0.05) is 48.5 Å². The molecule has 3 aromatic rings. The fraction of sp³-hybridized carbons (Fsp3) is 0.250. The van der Waals surface area contributed by atoms with E-state index < -0.39 is 0 Å². The molecule has 0 spiro atoms. The largest absolute Gasteiger partial charge is 0.376 e. The third-order valence-corrected chi connectivity index (χ3v) is 5.51. The Kier molecular flexibility index (Phi) is 9.01. The van der Waals surface area contributed by atoms with Crippen molar-refractivity contribution in [2.24, 2.45) is 0 Å².